The zero-order valence-corrected chi connectivity index (χ0v) is 17.9. The van der Waals surface area contributed by atoms with Gasteiger partial charge < -0.3 is 15.0 Å². The molecule has 1 N–H and O–H groups in total. The smallest absolute Gasteiger partial charge is 0.254 e. The molecule has 2 aromatic rings. The molecule has 1 saturated heterocycles. The Morgan fingerprint density at radius 1 is 1.14 bits per heavy atom. The third-order valence-corrected chi connectivity index (χ3v) is 5.39. The van der Waals surface area contributed by atoms with Crippen molar-refractivity contribution in [2.45, 2.75) is 52.9 Å². The first-order chi connectivity index (χ1) is 13.7. The fourth-order valence-corrected chi connectivity index (χ4v) is 3.79. The molecule has 1 aliphatic heterocycles. The second-order valence-corrected chi connectivity index (χ2v) is 7.89. The summed E-state index contributed by atoms with van der Waals surface area (Å²) >= 11 is 0. The SMILES string of the molecule is Cc1nn(C)c(C)c1CC(=O)NCc1ccc(C(=O)N2CC(C)OC(C)C2)cc1. The van der Waals surface area contributed by atoms with Gasteiger partial charge in [0, 0.05) is 43.5 Å². The molecule has 156 valence electrons. The summed E-state index contributed by atoms with van der Waals surface area (Å²) in [5, 5.41) is 7.30. The Labute approximate surface area is 172 Å². The maximum Gasteiger partial charge on any atom is 0.254 e. The predicted molar refractivity (Wildman–Crippen MR) is 111 cm³/mol. The molecule has 1 aromatic heterocycles. The van der Waals surface area contributed by atoms with E-state index in [0.717, 1.165) is 22.5 Å². The van der Waals surface area contributed by atoms with Crippen LogP contribution in [0.2, 0.25) is 0 Å². The molecule has 0 radical (unpaired) electrons. The van der Waals surface area contributed by atoms with Gasteiger partial charge in [-0.1, -0.05) is 12.1 Å². The Bertz CT molecular complexity index is 878. The number of aromatic nitrogens is 2. The van der Waals surface area contributed by atoms with Gasteiger partial charge in [0.25, 0.3) is 5.91 Å². The number of morpholine rings is 1. The summed E-state index contributed by atoms with van der Waals surface area (Å²) in [4.78, 5) is 26.9. The molecule has 29 heavy (non-hydrogen) atoms. The predicted octanol–water partition coefficient (Wildman–Crippen LogP) is 2.15. The molecule has 1 fully saturated rings. The van der Waals surface area contributed by atoms with Crippen LogP contribution in [0.15, 0.2) is 24.3 Å². The van der Waals surface area contributed by atoms with Crippen LogP contribution in [0.1, 0.15) is 46.7 Å². The van der Waals surface area contributed by atoms with Gasteiger partial charge in [-0.25, -0.2) is 0 Å². The Kier molecular flexibility index (Phi) is 6.37. The van der Waals surface area contributed by atoms with Gasteiger partial charge in [0.05, 0.1) is 24.3 Å². The zero-order valence-electron chi connectivity index (χ0n) is 17.9. The molecule has 3 rings (SSSR count). The molecule has 2 amide bonds. The van der Waals surface area contributed by atoms with Crippen molar-refractivity contribution < 1.29 is 14.3 Å². The average molecular weight is 399 g/mol. The molecule has 2 atom stereocenters. The molecular weight excluding hydrogens is 368 g/mol. The van der Waals surface area contributed by atoms with Crippen molar-refractivity contribution in [3.8, 4) is 0 Å². The molecule has 0 spiro atoms. The van der Waals surface area contributed by atoms with Crippen LogP contribution in [-0.4, -0.2) is 51.8 Å². The van der Waals surface area contributed by atoms with Crippen molar-refractivity contribution in [3.05, 3.63) is 52.3 Å². The van der Waals surface area contributed by atoms with E-state index >= 15 is 0 Å². The van der Waals surface area contributed by atoms with Gasteiger partial charge in [0.1, 0.15) is 0 Å². The number of benzene rings is 1. The Balaban J connectivity index is 1.55. The fourth-order valence-electron chi connectivity index (χ4n) is 3.79. The minimum Gasteiger partial charge on any atom is -0.372 e. The normalized spacial score (nSPS) is 19.3. The monoisotopic (exact) mass is 398 g/mol. The molecule has 2 heterocycles. The molecule has 7 nitrogen and oxygen atoms in total. The van der Waals surface area contributed by atoms with Crippen molar-refractivity contribution in [2.75, 3.05) is 13.1 Å². The highest BCUT2D eigenvalue weighted by Gasteiger charge is 2.26. The van der Waals surface area contributed by atoms with Crippen LogP contribution in [0.5, 0.6) is 0 Å². The average Bonchev–Trinajstić information content (AvgIpc) is 2.91. The van der Waals surface area contributed by atoms with E-state index in [9.17, 15) is 9.59 Å². The zero-order chi connectivity index (χ0) is 21.1. The first kappa shape index (κ1) is 21.0. The standard InChI is InChI=1S/C22H30N4O3/c1-14-12-26(13-15(2)29-14)22(28)19-8-6-18(7-9-19)11-23-21(27)10-20-16(3)24-25(5)17(20)4/h6-9,14-15H,10-13H2,1-5H3,(H,23,27). The maximum absolute atomic E-state index is 12.7. The van der Waals surface area contributed by atoms with E-state index in [0.29, 0.717) is 31.6 Å². The topological polar surface area (TPSA) is 76.5 Å². The number of nitrogens with zero attached hydrogens (tertiary/aromatic N) is 3. The van der Waals surface area contributed by atoms with E-state index in [4.69, 9.17) is 4.74 Å². The van der Waals surface area contributed by atoms with E-state index in [1.807, 2.05) is 63.9 Å². The molecule has 1 aliphatic rings. The lowest BCUT2D eigenvalue weighted by Gasteiger charge is -2.35. The lowest BCUT2D eigenvalue weighted by molar-refractivity contribution is -0.120. The number of hydrogen-bond acceptors (Lipinski definition) is 4. The number of aryl methyl sites for hydroxylation is 2. The third-order valence-electron chi connectivity index (χ3n) is 5.39. The molecule has 7 heteroatoms. The van der Waals surface area contributed by atoms with E-state index < -0.39 is 0 Å². The molecule has 0 aliphatic carbocycles. The highest BCUT2D eigenvalue weighted by atomic mass is 16.5. The van der Waals surface area contributed by atoms with Crippen molar-refractivity contribution in [2.24, 2.45) is 7.05 Å². The van der Waals surface area contributed by atoms with Gasteiger partial charge in [-0.3, -0.25) is 14.3 Å². The van der Waals surface area contributed by atoms with E-state index in [2.05, 4.69) is 10.4 Å². The molecule has 2 unspecified atom stereocenters. The number of carbonyl (C=O) groups is 2. The van der Waals surface area contributed by atoms with Crippen LogP contribution in [0.25, 0.3) is 0 Å². The number of carbonyl (C=O) groups excluding carboxylic acids is 2. The Morgan fingerprint density at radius 2 is 1.76 bits per heavy atom. The minimum absolute atomic E-state index is 0.0186. The number of rotatable bonds is 5. The van der Waals surface area contributed by atoms with Crippen LogP contribution in [0.3, 0.4) is 0 Å². The van der Waals surface area contributed by atoms with Gasteiger partial charge in [-0.05, 0) is 45.4 Å². The van der Waals surface area contributed by atoms with Gasteiger partial charge in [-0.2, -0.15) is 5.10 Å². The van der Waals surface area contributed by atoms with Gasteiger partial charge >= 0.3 is 0 Å². The Hall–Kier alpha value is -2.67. The number of amides is 2. The van der Waals surface area contributed by atoms with Crippen LogP contribution >= 0.6 is 0 Å². The van der Waals surface area contributed by atoms with Crippen LogP contribution < -0.4 is 5.32 Å². The largest absolute Gasteiger partial charge is 0.372 e. The van der Waals surface area contributed by atoms with E-state index in [-0.39, 0.29) is 24.0 Å². The summed E-state index contributed by atoms with van der Waals surface area (Å²) < 4.78 is 7.49. The first-order valence-corrected chi connectivity index (χ1v) is 10.0. The summed E-state index contributed by atoms with van der Waals surface area (Å²) in [5.74, 6) is -0.0224. The minimum atomic E-state index is -0.0411. The highest BCUT2D eigenvalue weighted by molar-refractivity contribution is 5.94. The quantitative estimate of drug-likeness (QED) is 0.837. The van der Waals surface area contributed by atoms with Gasteiger partial charge in [-0.15, -0.1) is 0 Å². The second-order valence-electron chi connectivity index (χ2n) is 7.89. The third kappa shape index (κ3) is 5.03. The van der Waals surface area contributed by atoms with Crippen molar-refractivity contribution in [1.29, 1.82) is 0 Å². The number of nitrogens with one attached hydrogen (secondary N) is 1. The van der Waals surface area contributed by atoms with Gasteiger partial charge in [0.15, 0.2) is 0 Å². The van der Waals surface area contributed by atoms with Gasteiger partial charge in [0.2, 0.25) is 5.91 Å². The summed E-state index contributed by atoms with van der Waals surface area (Å²) in [7, 11) is 1.88. The highest BCUT2D eigenvalue weighted by Crippen LogP contribution is 2.15. The lowest BCUT2D eigenvalue weighted by Crippen LogP contribution is -2.48. The van der Waals surface area contributed by atoms with Crippen LogP contribution in [0.4, 0.5) is 0 Å². The van der Waals surface area contributed by atoms with Crippen molar-refractivity contribution in [3.63, 3.8) is 0 Å². The number of ether oxygens (including phenoxy) is 1. The summed E-state index contributed by atoms with van der Waals surface area (Å²) in [5.41, 5.74) is 4.48. The van der Waals surface area contributed by atoms with Crippen molar-refractivity contribution >= 4 is 11.8 Å². The first-order valence-electron chi connectivity index (χ1n) is 10.0. The molecule has 0 bridgehead atoms. The van der Waals surface area contributed by atoms with Crippen LogP contribution in [-0.2, 0) is 29.5 Å². The maximum atomic E-state index is 12.7. The lowest BCUT2D eigenvalue weighted by atomic mass is 10.1. The van der Waals surface area contributed by atoms with Crippen molar-refractivity contribution in [1.82, 2.24) is 20.0 Å². The molecular formula is C22H30N4O3. The number of hydrogen-bond donors (Lipinski definition) is 1. The summed E-state index contributed by atoms with van der Waals surface area (Å²) in [6.07, 6.45) is 0.406. The summed E-state index contributed by atoms with van der Waals surface area (Å²) in [6.45, 7) is 9.49. The van der Waals surface area contributed by atoms with E-state index in [1.54, 1.807) is 4.68 Å². The Morgan fingerprint density at radius 3 is 2.31 bits per heavy atom. The molecule has 1 aromatic carbocycles. The summed E-state index contributed by atoms with van der Waals surface area (Å²) in [6, 6.07) is 7.43. The molecule has 0 saturated carbocycles. The fraction of sp³-hybridized carbons (Fsp3) is 0.500. The second kappa shape index (κ2) is 8.78. The van der Waals surface area contributed by atoms with Crippen LogP contribution in [0, 0.1) is 13.8 Å². The van der Waals surface area contributed by atoms with E-state index in [1.165, 1.54) is 0 Å².